The maximum Gasteiger partial charge on any atom is 0.254 e. The normalized spacial score (nSPS) is 21.6. The molecule has 226 valence electrons. The molecule has 4 fully saturated rings. The van der Waals surface area contributed by atoms with Gasteiger partial charge in [0, 0.05) is 55.9 Å². The molecule has 1 atom stereocenters. The number of fused-ring (bicyclic) bond motifs is 4. The van der Waals surface area contributed by atoms with Gasteiger partial charge in [-0.15, -0.1) is 0 Å². The zero-order valence-electron chi connectivity index (χ0n) is 25.1. The third-order valence-electron chi connectivity index (χ3n) is 9.44. The van der Waals surface area contributed by atoms with Crippen molar-refractivity contribution in [1.29, 1.82) is 5.26 Å². The quantitative estimate of drug-likeness (QED) is 0.267. The molecule has 6 heterocycles. The van der Waals surface area contributed by atoms with Crippen molar-refractivity contribution in [3.8, 4) is 40.0 Å². The average Bonchev–Trinajstić information content (AvgIpc) is 3.53. The van der Waals surface area contributed by atoms with Crippen LogP contribution >= 0.6 is 0 Å². The van der Waals surface area contributed by atoms with Crippen LogP contribution in [0.2, 0.25) is 0 Å². The van der Waals surface area contributed by atoms with Crippen LogP contribution in [0.1, 0.15) is 41.6 Å². The van der Waals surface area contributed by atoms with Crippen molar-refractivity contribution in [1.82, 2.24) is 14.8 Å². The summed E-state index contributed by atoms with van der Waals surface area (Å²) in [5.41, 5.74) is 4.73. The number of furan rings is 1. The fraction of sp³-hybridized carbons (Fsp3) is 0.400. The number of carbonyl (C=O) groups is 1. The van der Waals surface area contributed by atoms with E-state index in [4.69, 9.17) is 18.6 Å². The lowest BCUT2D eigenvalue weighted by molar-refractivity contribution is 0.0162. The fourth-order valence-electron chi connectivity index (χ4n) is 6.91. The zero-order chi connectivity index (χ0) is 30.2. The molecular formula is C35H36N4O5. The molecule has 0 N–H and O–H groups in total. The predicted octanol–water partition coefficient (Wildman–Crippen LogP) is 5.77. The van der Waals surface area contributed by atoms with Crippen molar-refractivity contribution in [2.75, 3.05) is 47.0 Å². The molecule has 9 heteroatoms. The Balaban J connectivity index is 1.16. The predicted molar refractivity (Wildman–Crippen MR) is 166 cm³/mol. The van der Waals surface area contributed by atoms with E-state index in [1.54, 1.807) is 19.4 Å². The summed E-state index contributed by atoms with van der Waals surface area (Å²) in [6.45, 7) is 4.55. The van der Waals surface area contributed by atoms with Gasteiger partial charge in [0.2, 0.25) is 0 Å². The molecule has 9 nitrogen and oxygen atoms in total. The molecule has 4 aromatic rings. The number of ether oxygens (including phenoxy) is 3. The second-order valence-electron chi connectivity index (χ2n) is 12.0. The molecule has 2 aromatic carbocycles. The van der Waals surface area contributed by atoms with Gasteiger partial charge in [-0.05, 0) is 73.8 Å². The number of aromatic nitrogens is 1. The lowest BCUT2D eigenvalue weighted by atomic mass is 9.83. The van der Waals surface area contributed by atoms with Crippen LogP contribution in [0.25, 0.3) is 33.6 Å². The summed E-state index contributed by atoms with van der Waals surface area (Å²) in [6, 6.07) is 17.4. The fourth-order valence-corrected chi connectivity index (χ4v) is 6.91. The van der Waals surface area contributed by atoms with E-state index in [1.165, 1.54) is 0 Å². The van der Waals surface area contributed by atoms with Gasteiger partial charge in [0.1, 0.15) is 34.9 Å². The van der Waals surface area contributed by atoms with E-state index in [-0.39, 0.29) is 18.1 Å². The number of pyridine rings is 1. The number of hydrogen-bond acceptors (Lipinski definition) is 8. The van der Waals surface area contributed by atoms with Crippen LogP contribution in [0.4, 0.5) is 0 Å². The van der Waals surface area contributed by atoms with Gasteiger partial charge < -0.3 is 28.4 Å². The van der Waals surface area contributed by atoms with Crippen LogP contribution in [0, 0.1) is 17.2 Å². The highest BCUT2D eigenvalue weighted by atomic mass is 16.5. The van der Waals surface area contributed by atoms with Crippen molar-refractivity contribution < 1.29 is 23.4 Å². The molecule has 0 saturated carbocycles. The summed E-state index contributed by atoms with van der Waals surface area (Å²) in [5.74, 6) is 2.28. The van der Waals surface area contributed by atoms with E-state index in [0.717, 1.165) is 62.0 Å². The first-order chi connectivity index (χ1) is 21.5. The third kappa shape index (κ3) is 5.29. The number of amides is 1. The summed E-state index contributed by atoms with van der Waals surface area (Å²) in [4.78, 5) is 22.5. The lowest BCUT2D eigenvalue weighted by Crippen LogP contribution is -2.57. The number of hydrogen-bond donors (Lipinski definition) is 0. The lowest BCUT2D eigenvalue weighted by Gasteiger charge is -2.48. The van der Waals surface area contributed by atoms with Crippen LogP contribution in [-0.4, -0.2) is 79.8 Å². The molecule has 44 heavy (non-hydrogen) atoms. The summed E-state index contributed by atoms with van der Waals surface area (Å²) < 4.78 is 23.8. The maximum absolute atomic E-state index is 13.5. The zero-order valence-corrected chi connectivity index (χ0v) is 25.1. The van der Waals surface area contributed by atoms with Gasteiger partial charge in [-0.1, -0.05) is 6.07 Å². The number of benzene rings is 2. The van der Waals surface area contributed by atoms with Gasteiger partial charge in [-0.2, -0.15) is 5.26 Å². The van der Waals surface area contributed by atoms with Crippen molar-refractivity contribution >= 4 is 17.0 Å². The first kappa shape index (κ1) is 28.4. The van der Waals surface area contributed by atoms with Crippen molar-refractivity contribution in [2.45, 2.75) is 37.8 Å². The molecule has 0 spiro atoms. The van der Waals surface area contributed by atoms with E-state index >= 15 is 0 Å². The van der Waals surface area contributed by atoms with E-state index in [2.05, 4.69) is 16.0 Å². The molecule has 0 radical (unpaired) electrons. The molecule has 2 aromatic heterocycles. The van der Waals surface area contributed by atoms with Crippen LogP contribution in [0.5, 0.6) is 11.5 Å². The standard InChI is InChI=1S/C35H36N4O5/c1-38(30-21-39-13-8-22(30)9-14-39)35(40)24-3-5-28(32(18-24)41-2)33-19-29-34(44-33)27(7-12-37-29)23-4-6-31(25(17-23)20-36)43-26-10-15-42-16-11-26/h3-7,12,17-19,22,26,30H,8-11,13-16,21H2,1-2H3. The number of methoxy groups -OCH3 is 1. The Bertz CT molecular complexity index is 1730. The molecule has 1 amide bonds. The Morgan fingerprint density at radius 2 is 1.84 bits per heavy atom. The van der Waals surface area contributed by atoms with Gasteiger partial charge >= 0.3 is 0 Å². The van der Waals surface area contributed by atoms with Gasteiger partial charge in [0.05, 0.1) is 31.5 Å². The van der Waals surface area contributed by atoms with Gasteiger partial charge in [0.15, 0.2) is 5.58 Å². The van der Waals surface area contributed by atoms with Crippen LogP contribution < -0.4 is 9.47 Å². The Kier molecular flexibility index (Phi) is 7.71. The Labute approximate surface area is 256 Å². The summed E-state index contributed by atoms with van der Waals surface area (Å²) in [7, 11) is 3.52. The van der Waals surface area contributed by atoms with E-state index in [1.807, 2.05) is 54.4 Å². The van der Waals surface area contributed by atoms with E-state index in [9.17, 15) is 10.1 Å². The van der Waals surface area contributed by atoms with Crippen LogP contribution in [0.3, 0.4) is 0 Å². The minimum absolute atomic E-state index is 0.000275. The SMILES string of the molecule is COc1cc(C(=O)N(C)C2CN3CCC2CC3)ccc1-c1cc2nccc(-c3ccc(OC4CCOCC4)c(C#N)c3)c2o1. The number of piperidine rings is 3. The summed E-state index contributed by atoms with van der Waals surface area (Å²) >= 11 is 0. The second kappa shape index (κ2) is 11.9. The average molecular weight is 593 g/mol. The van der Waals surface area contributed by atoms with Gasteiger partial charge in [0.25, 0.3) is 5.91 Å². The second-order valence-corrected chi connectivity index (χ2v) is 12.0. The number of rotatable bonds is 7. The molecular weight excluding hydrogens is 556 g/mol. The highest BCUT2D eigenvalue weighted by molar-refractivity contribution is 5.97. The minimum atomic E-state index is -0.000275. The van der Waals surface area contributed by atoms with Crippen molar-refractivity contribution in [3.63, 3.8) is 0 Å². The highest BCUT2D eigenvalue weighted by Crippen LogP contribution is 2.39. The number of carbonyl (C=O) groups excluding carboxylic acids is 1. The van der Waals surface area contributed by atoms with Crippen LogP contribution in [-0.2, 0) is 4.74 Å². The molecule has 0 aliphatic carbocycles. The first-order valence-electron chi connectivity index (χ1n) is 15.4. The summed E-state index contributed by atoms with van der Waals surface area (Å²) in [5, 5.41) is 9.91. The molecule has 8 rings (SSSR count). The molecule has 4 aliphatic heterocycles. The molecule has 1 unspecified atom stereocenters. The smallest absolute Gasteiger partial charge is 0.254 e. The Morgan fingerprint density at radius 1 is 1.02 bits per heavy atom. The molecule has 4 aliphatic rings. The Hall–Kier alpha value is -4.39. The van der Waals surface area contributed by atoms with E-state index in [0.29, 0.717) is 58.6 Å². The van der Waals surface area contributed by atoms with Crippen molar-refractivity contribution in [3.05, 3.63) is 65.9 Å². The number of nitrogens with zero attached hydrogens (tertiary/aromatic N) is 4. The first-order valence-corrected chi connectivity index (χ1v) is 15.4. The van der Waals surface area contributed by atoms with Gasteiger partial charge in [-0.3, -0.25) is 9.78 Å². The van der Waals surface area contributed by atoms with E-state index < -0.39 is 0 Å². The third-order valence-corrected chi connectivity index (χ3v) is 9.44. The Morgan fingerprint density at radius 3 is 2.57 bits per heavy atom. The number of nitriles is 1. The molecule has 2 bridgehead atoms. The maximum atomic E-state index is 13.5. The molecule has 4 saturated heterocycles. The van der Waals surface area contributed by atoms with Crippen LogP contribution in [0.15, 0.2) is 59.1 Å². The largest absolute Gasteiger partial charge is 0.496 e. The van der Waals surface area contributed by atoms with Gasteiger partial charge in [-0.25, -0.2) is 0 Å². The number of likely N-dealkylation sites (N-methyl/N-ethyl adjacent to an activating group) is 1. The monoisotopic (exact) mass is 592 g/mol. The topological polar surface area (TPSA) is 101 Å². The highest BCUT2D eigenvalue weighted by Gasteiger charge is 2.38. The van der Waals surface area contributed by atoms with Crippen molar-refractivity contribution in [2.24, 2.45) is 5.92 Å². The minimum Gasteiger partial charge on any atom is -0.496 e. The summed E-state index contributed by atoms with van der Waals surface area (Å²) in [6.07, 6.45) is 5.69.